The van der Waals surface area contributed by atoms with Gasteiger partial charge in [0.25, 0.3) is 5.91 Å². The van der Waals surface area contributed by atoms with Crippen molar-refractivity contribution in [2.75, 3.05) is 10.6 Å². The normalized spacial score (nSPS) is 13.6. The van der Waals surface area contributed by atoms with Crippen LogP contribution in [0.15, 0.2) is 48.5 Å². The number of carbonyl (C=O) groups excluding carboxylic acids is 2. The summed E-state index contributed by atoms with van der Waals surface area (Å²) in [6.07, 6.45) is 5.47. The van der Waals surface area contributed by atoms with E-state index in [1.807, 2.05) is 38.1 Å². The molecule has 10 heteroatoms. The molecule has 0 radical (unpaired) electrons. The first-order valence-corrected chi connectivity index (χ1v) is 13.0. The zero-order chi connectivity index (χ0) is 26.5. The first-order valence-electron chi connectivity index (χ1n) is 13.0. The van der Waals surface area contributed by atoms with Gasteiger partial charge in [-0.25, -0.2) is 9.59 Å². The third kappa shape index (κ3) is 8.09. The fourth-order valence-corrected chi connectivity index (χ4v) is 5.32. The molecule has 1 atom stereocenters. The van der Waals surface area contributed by atoms with E-state index in [0.717, 1.165) is 66.1 Å². The number of fused-ring (bicyclic) bond motifs is 1. The molecule has 1 fully saturated rings. The van der Waals surface area contributed by atoms with Gasteiger partial charge in [-0.05, 0) is 78.6 Å². The van der Waals surface area contributed by atoms with Gasteiger partial charge in [0.1, 0.15) is 6.04 Å². The van der Waals surface area contributed by atoms with Crippen LogP contribution in [0.5, 0.6) is 0 Å². The minimum atomic E-state index is -1.03. The molecule has 3 aromatic rings. The summed E-state index contributed by atoms with van der Waals surface area (Å²) in [7, 11) is 0. The molecule has 9 nitrogen and oxygen atoms in total. The van der Waals surface area contributed by atoms with Gasteiger partial charge < -0.3 is 32.0 Å². The maximum Gasteiger partial charge on any atom is 1.00 e. The van der Waals surface area contributed by atoms with Crippen molar-refractivity contribution in [3.8, 4) is 0 Å². The maximum absolute atomic E-state index is 13.4. The standard InChI is InChI=1S/C30H35N3O4.Li.2H2O/c1-4-20-14-18(2)26(19(3)15-20)33-30(37)31-25-17-23-13-9-8-12-22(23)16-24(25)28(34)32-27(29(35)36)21-10-6-5-7-11-21;;;/h8-9,12-17,21,27H,4-7,10-11H2,1-3H3,(H,32,34)(H,35,36)(H2,31,33,37);;2*1H2/q;+1;;/p-1/t27-;;;/m0.../s1. The number of carboxylic acids is 1. The van der Waals surface area contributed by atoms with Gasteiger partial charge in [-0.1, -0.05) is 62.6 Å². The third-order valence-electron chi connectivity index (χ3n) is 7.29. The molecule has 7 N–H and O–H groups in total. The topological polar surface area (TPSA) is 169 Å². The number of hydrogen-bond donors (Lipinski definition) is 4. The Balaban J connectivity index is 0.00000267. The fraction of sp³-hybridized carbons (Fsp3) is 0.367. The Morgan fingerprint density at radius 3 is 2.05 bits per heavy atom. The van der Waals surface area contributed by atoms with Crippen molar-refractivity contribution in [2.24, 2.45) is 5.92 Å². The third-order valence-corrected chi connectivity index (χ3v) is 7.29. The second-order valence-electron chi connectivity index (χ2n) is 9.97. The number of rotatable bonds is 7. The number of carboxylic acid groups (broad SMARTS) is 1. The van der Waals surface area contributed by atoms with Crippen LogP contribution in [0.2, 0.25) is 0 Å². The van der Waals surface area contributed by atoms with Crippen LogP contribution < -0.4 is 34.8 Å². The van der Waals surface area contributed by atoms with Crippen molar-refractivity contribution in [3.63, 3.8) is 0 Å². The summed E-state index contributed by atoms with van der Waals surface area (Å²) in [6.45, 7) is 5.99. The van der Waals surface area contributed by atoms with Gasteiger partial charge in [0, 0.05) is 5.69 Å². The molecule has 0 spiro atoms. The number of hydrogen-bond acceptors (Lipinski definition) is 4. The Labute approximate surface area is 246 Å². The number of aliphatic carboxylic acids is 1. The van der Waals surface area contributed by atoms with Gasteiger partial charge in [0.2, 0.25) is 0 Å². The molecule has 4 rings (SSSR count). The van der Waals surface area contributed by atoms with Gasteiger partial charge >= 0.3 is 30.9 Å². The SMILES string of the molecule is CCc1cc(C)c(NC(=O)Nc2cc3ccccc3cc2C(=O)N[C@H](C(=O)O)C2CCCCC2)c(C)c1.O.[Li+].[OH-]. The van der Waals surface area contributed by atoms with Crippen LogP contribution in [0, 0.1) is 19.8 Å². The summed E-state index contributed by atoms with van der Waals surface area (Å²) in [5.41, 5.74) is 4.39. The molecular formula is C30H38LiN3O6. The molecular weight excluding hydrogens is 505 g/mol. The second kappa shape index (κ2) is 15.4. The van der Waals surface area contributed by atoms with Crippen molar-refractivity contribution in [2.45, 2.75) is 65.3 Å². The Hall–Kier alpha value is -3.35. The van der Waals surface area contributed by atoms with E-state index < -0.39 is 23.9 Å². The molecule has 0 saturated heterocycles. The van der Waals surface area contributed by atoms with E-state index in [0.29, 0.717) is 5.69 Å². The largest absolute Gasteiger partial charge is 1.00 e. The van der Waals surface area contributed by atoms with Crippen LogP contribution in [0.4, 0.5) is 16.2 Å². The number of aryl methyl sites for hydroxylation is 3. The Kier molecular flexibility index (Phi) is 13.4. The summed E-state index contributed by atoms with van der Waals surface area (Å²) < 4.78 is 0. The minimum Gasteiger partial charge on any atom is -0.870 e. The Morgan fingerprint density at radius 1 is 0.925 bits per heavy atom. The zero-order valence-electron chi connectivity index (χ0n) is 23.6. The van der Waals surface area contributed by atoms with Gasteiger partial charge in [-0.15, -0.1) is 0 Å². The molecule has 0 bridgehead atoms. The van der Waals surface area contributed by atoms with Crippen molar-refractivity contribution >= 4 is 40.1 Å². The van der Waals surface area contributed by atoms with Gasteiger partial charge in [0.15, 0.2) is 0 Å². The van der Waals surface area contributed by atoms with E-state index in [1.54, 1.807) is 12.1 Å². The first kappa shape index (κ1) is 34.7. The molecule has 0 unspecified atom stereocenters. The number of nitrogens with one attached hydrogen (secondary N) is 3. The van der Waals surface area contributed by atoms with Gasteiger partial charge in [-0.3, -0.25) is 4.79 Å². The Bertz CT molecular complexity index is 1320. The Morgan fingerprint density at radius 2 is 1.50 bits per heavy atom. The smallest absolute Gasteiger partial charge is 0.870 e. The van der Waals surface area contributed by atoms with Crippen LogP contribution in [0.3, 0.4) is 0 Å². The molecule has 3 aromatic carbocycles. The number of urea groups is 1. The molecule has 1 aliphatic carbocycles. The predicted octanol–water partition coefficient (Wildman–Crippen LogP) is 2.43. The van der Waals surface area contributed by atoms with Crippen molar-refractivity contribution in [3.05, 3.63) is 70.8 Å². The average molecular weight is 544 g/mol. The van der Waals surface area contributed by atoms with Crippen LogP contribution in [-0.4, -0.2) is 40.0 Å². The predicted molar refractivity (Wildman–Crippen MR) is 153 cm³/mol. The number of anilines is 2. The number of amides is 3. The molecule has 1 aliphatic rings. The summed E-state index contributed by atoms with van der Waals surface area (Å²) >= 11 is 0. The average Bonchev–Trinajstić information content (AvgIpc) is 2.89. The van der Waals surface area contributed by atoms with Crippen molar-refractivity contribution in [1.29, 1.82) is 0 Å². The van der Waals surface area contributed by atoms with E-state index in [4.69, 9.17) is 0 Å². The molecule has 40 heavy (non-hydrogen) atoms. The van der Waals surface area contributed by atoms with Gasteiger partial charge in [0.05, 0.1) is 11.3 Å². The summed E-state index contributed by atoms with van der Waals surface area (Å²) in [5.74, 6) is -1.65. The van der Waals surface area contributed by atoms with E-state index in [2.05, 4.69) is 35.0 Å². The van der Waals surface area contributed by atoms with Crippen molar-refractivity contribution in [1.82, 2.24) is 5.32 Å². The van der Waals surface area contributed by atoms with E-state index in [-0.39, 0.29) is 41.3 Å². The monoisotopic (exact) mass is 543 g/mol. The summed E-state index contributed by atoms with van der Waals surface area (Å²) in [4.78, 5) is 38.6. The van der Waals surface area contributed by atoms with Crippen molar-refractivity contribution < 1.29 is 49.3 Å². The number of benzene rings is 3. The molecule has 0 heterocycles. The molecule has 210 valence electrons. The second-order valence-corrected chi connectivity index (χ2v) is 9.97. The molecule has 0 aromatic heterocycles. The first-order chi connectivity index (χ1) is 17.8. The van der Waals surface area contributed by atoms with Crippen LogP contribution in [0.25, 0.3) is 10.8 Å². The van der Waals surface area contributed by atoms with E-state index in [9.17, 15) is 19.5 Å². The van der Waals surface area contributed by atoms with Crippen LogP contribution in [0.1, 0.15) is 66.1 Å². The fourth-order valence-electron chi connectivity index (χ4n) is 5.32. The van der Waals surface area contributed by atoms with E-state index in [1.165, 1.54) is 5.56 Å². The summed E-state index contributed by atoms with van der Waals surface area (Å²) in [6, 6.07) is 13.7. The zero-order valence-corrected chi connectivity index (χ0v) is 23.6. The maximum atomic E-state index is 13.4. The summed E-state index contributed by atoms with van der Waals surface area (Å²) in [5, 5.41) is 20.1. The molecule has 3 amide bonds. The van der Waals surface area contributed by atoms with Gasteiger partial charge in [-0.2, -0.15) is 0 Å². The number of carbonyl (C=O) groups is 3. The molecule has 1 saturated carbocycles. The van der Waals surface area contributed by atoms with Crippen LogP contribution in [-0.2, 0) is 11.2 Å². The molecule has 0 aliphatic heterocycles. The quantitative estimate of drug-likeness (QED) is 0.335. The van der Waals surface area contributed by atoms with Crippen LogP contribution >= 0.6 is 0 Å². The minimum absolute atomic E-state index is 0. The van der Waals surface area contributed by atoms with E-state index >= 15 is 0 Å².